The van der Waals surface area contributed by atoms with Gasteiger partial charge in [0.1, 0.15) is 12.6 Å². The molecular formula is C34H43N3O4S. The minimum Gasteiger partial charge on any atom is -0.352 e. The minimum absolute atomic E-state index is 0.103. The Hall–Kier alpha value is -3.65. The number of carbonyl (C=O) groups excluding carboxylic acids is 2. The van der Waals surface area contributed by atoms with Crippen molar-refractivity contribution in [2.24, 2.45) is 0 Å². The van der Waals surface area contributed by atoms with Crippen molar-refractivity contribution >= 4 is 27.5 Å². The summed E-state index contributed by atoms with van der Waals surface area (Å²) in [6.07, 6.45) is 4.01. The van der Waals surface area contributed by atoms with E-state index in [1.807, 2.05) is 50.2 Å². The molecule has 1 fully saturated rings. The van der Waals surface area contributed by atoms with Crippen LogP contribution in [0.5, 0.6) is 0 Å². The Morgan fingerprint density at radius 3 is 2.12 bits per heavy atom. The van der Waals surface area contributed by atoms with Crippen LogP contribution in [-0.4, -0.2) is 43.8 Å². The maximum Gasteiger partial charge on any atom is 0.264 e. The number of rotatable bonds is 11. The van der Waals surface area contributed by atoms with Gasteiger partial charge in [0.2, 0.25) is 11.8 Å². The second kappa shape index (κ2) is 13.6. The first-order valence-electron chi connectivity index (χ1n) is 14.8. The molecule has 8 heteroatoms. The predicted molar refractivity (Wildman–Crippen MR) is 168 cm³/mol. The van der Waals surface area contributed by atoms with E-state index in [0.717, 1.165) is 52.2 Å². The summed E-state index contributed by atoms with van der Waals surface area (Å²) in [7, 11) is -4.09. The molecule has 0 bridgehead atoms. The molecule has 42 heavy (non-hydrogen) atoms. The van der Waals surface area contributed by atoms with Gasteiger partial charge in [0.25, 0.3) is 10.0 Å². The zero-order valence-corrected chi connectivity index (χ0v) is 26.2. The number of anilines is 1. The second-order valence-electron chi connectivity index (χ2n) is 11.7. The number of nitrogens with zero attached hydrogens (tertiary/aromatic N) is 2. The summed E-state index contributed by atoms with van der Waals surface area (Å²) >= 11 is 0. The summed E-state index contributed by atoms with van der Waals surface area (Å²) in [5.41, 5.74) is 4.31. The van der Waals surface area contributed by atoms with Crippen LogP contribution in [0, 0.1) is 13.8 Å². The maximum atomic E-state index is 14.1. The molecule has 1 aliphatic rings. The molecule has 1 N–H and O–H groups in total. The Labute approximate surface area is 251 Å². The van der Waals surface area contributed by atoms with Crippen molar-refractivity contribution < 1.29 is 18.0 Å². The molecular weight excluding hydrogens is 546 g/mol. The van der Waals surface area contributed by atoms with Crippen LogP contribution in [0.25, 0.3) is 0 Å². The lowest BCUT2D eigenvalue weighted by atomic mass is 10.0. The normalized spacial score (nSPS) is 14.5. The number of hydrogen-bond acceptors (Lipinski definition) is 4. The summed E-state index contributed by atoms with van der Waals surface area (Å²) in [6.45, 7) is 9.47. The van der Waals surface area contributed by atoms with Crippen molar-refractivity contribution in [1.29, 1.82) is 0 Å². The molecule has 0 saturated heterocycles. The van der Waals surface area contributed by atoms with Crippen molar-refractivity contribution in [3.05, 3.63) is 95.1 Å². The lowest BCUT2D eigenvalue weighted by molar-refractivity contribution is -0.139. The summed E-state index contributed by atoms with van der Waals surface area (Å²) in [5, 5.41) is 3.11. The van der Waals surface area contributed by atoms with Crippen LogP contribution in [0.4, 0.5) is 5.69 Å². The fourth-order valence-corrected chi connectivity index (χ4v) is 6.79. The van der Waals surface area contributed by atoms with Crippen molar-refractivity contribution in [2.45, 2.75) is 89.7 Å². The first-order chi connectivity index (χ1) is 20.0. The molecule has 1 aliphatic carbocycles. The minimum atomic E-state index is -4.09. The molecule has 0 radical (unpaired) electrons. The molecule has 0 spiro atoms. The van der Waals surface area contributed by atoms with E-state index in [-0.39, 0.29) is 29.3 Å². The Balaban J connectivity index is 1.70. The number of amides is 2. The van der Waals surface area contributed by atoms with E-state index in [0.29, 0.717) is 5.69 Å². The molecule has 0 aromatic heterocycles. The van der Waals surface area contributed by atoms with E-state index in [1.54, 1.807) is 43.3 Å². The maximum absolute atomic E-state index is 14.1. The lowest BCUT2D eigenvalue weighted by Gasteiger charge is -2.32. The molecule has 7 nitrogen and oxygen atoms in total. The van der Waals surface area contributed by atoms with E-state index < -0.39 is 28.5 Å². The Morgan fingerprint density at radius 2 is 1.52 bits per heavy atom. The standard InChI is InChI=1S/C34H43N3O4S/c1-24(2)29-15-17-31(18-16-29)37(42(40,41)32-19-13-25(3)14-20-32)23-33(38)36(22-28-10-8-9-26(4)21-28)27(5)34(39)35-30-11-6-7-12-30/h8-10,13-21,24,27,30H,6-7,11-12,22-23H2,1-5H3,(H,35,39)/t27-/m1/s1. The van der Waals surface area contributed by atoms with Gasteiger partial charge in [-0.2, -0.15) is 0 Å². The molecule has 0 unspecified atom stereocenters. The number of carbonyl (C=O) groups is 2. The van der Waals surface area contributed by atoms with Crippen LogP contribution in [0.1, 0.15) is 74.6 Å². The quantitative estimate of drug-likeness (QED) is 0.293. The average Bonchev–Trinajstić information content (AvgIpc) is 3.47. The van der Waals surface area contributed by atoms with Crippen molar-refractivity contribution in [1.82, 2.24) is 10.2 Å². The number of sulfonamides is 1. The van der Waals surface area contributed by atoms with Crippen LogP contribution in [0.3, 0.4) is 0 Å². The zero-order chi connectivity index (χ0) is 30.4. The Bertz CT molecular complexity index is 1480. The Morgan fingerprint density at radius 1 is 0.881 bits per heavy atom. The van der Waals surface area contributed by atoms with E-state index in [9.17, 15) is 18.0 Å². The molecule has 3 aromatic rings. The van der Waals surface area contributed by atoms with Gasteiger partial charge in [-0.05, 0) is 74.9 Å². The topological polar surface area (TPSA) is 86.8 Å². The highest BCUT2D eigenvalue weighted by atomic mass is 32.2. The van der Waals surface area contributed by atoms with Crippen molar-refractivity contribution in [3.63, 3.8) is 0 Å². The van der Waals surface area contributed by atoms with Crippen LogP contribution in [0.2, 0.25) is 0 Å². The number of aryl methyl sites for hydroxylation is 2. The SMILES string of the molecule is Cc1ccc(S(=O)(=O)N(CC(=O)N(Cc2cccc(C)c2)[C@H](C)C(=O)NC2CCCC2)c2ccc(C(C)C)cc2)cc1. The highest BCUT2D eigenvalue weighted by Gasteiger charge is 2.33. The number of nitrogens with one attached hydrogen (secondary N) is 1. The summed E-state index contributed by atoms with van der Waals surface area (Å²) in [4.78, 5) is 29.1. The highest BCUT2D eigenvalue weighted by Crippen LogP contribution is 2.27. The van der Waals surface area contributed by atoms with Gasteiger partial charge in [-0.1, -0.05) is 86.3 Å². The van der Waals surface area contributed by atoms with Gasteiger partial charge in [0, 0.05) is 12.6 Å². The summed E-state index contributed by atoms with van der Waals surface area (Å²) in [5.74, 6) is -0.404. The zero-order valence-electron chi connectivity index (χ0n) is 25.3. The molecule has 4 rings (SSSR count). The monoisotopic (exact) mass is 589 g/mol. The molecule has 2 amide bonds. The summed E-state index contributed by atoms with van der Waals surface area (Å²) in [6, 6.07) is 21.0. The van der Waals surface area contributed by atoms with E-state index >= 15 is 0 Å². The summed E-state index contributed by atoms with van der Waals surface area (Å²) < 4.78 is 29.2. The van der Waals surface area contributed by atoms with Crippen LogP contribution >= 0.6 is 0 Å². The van der Waals surface area contributed by atoms with Crippen molar-refractivity contribution in [3.8, 4) is 0 Å². The average molecular weight is 590 g/mol. The number of hydrogen-bond donors (Lipinski definition) is 1. The van der Waals surface area contributed by atoms with Crippen LogP contribution < -0.4 is 9.62 Å². The third-order valence-corrected chi connectivity index (χ3v) is 9.83. The lowest BCUT2D eigenvalue weighted by Crippen LogP contribution is -2.52. The first kappa shape index (κ1) is 31.3. The molecule has 3 aromatic carbocycles. The van der Waals surface area contributed by atoms with Crippen LogP contribution in [0.15, 0.2) is 77.7 Å². The Kier molecular flexibility index (Phi) is 10.1. The van der Waals surface area contributed by atoms with E-state index in [4.69, 9.17) is 0 Å². The van der Waals surface area contributed by atoms with Gasteiger partial charge in [-0.3, -0.25) is 13.9 Å². The van der Waals surface area contributed by atoms with Gasteiger partial charge in [-0.15, -0.1) is 0 Å². The van der Waals surface area contributed by atoms with Crippen molar-refractivity contribution in [2.75, 3.05) is 10.8 Å². The highest BCUT2D eigenvalue weighted by molar-refractivity contribution is 7.92. The fourth-order valence-electron chi connectivity index (χ4n) is 5.37. The molecule has 224 valence electrons. The first-order valence-corrected chi connectivity index (χ1v) is 16.2. The van der Waals surface area contributed by atoms with E-state index in [2.05, 4.69) is 19.2 Å². The van der Waals surface area contributed by atoms with Gasteiger partial charge in [-0.25, -0.2) is 8.42 Å². The third kappa shape index (κ3) is 7.59. The number of benzene rings is 3. The third-order valence-electron chi connectivity index (χ3n) is 8.04. The largest absolute Gasteiger partial charge is 0.352 e. The van der Waals surface area contributed by atoms with Gasteiger partial charge in [0.05, 0.1) is 10.6 Å². The molecule has 0 heterocycles. The second-order valence-corrected chi connectivity index (χ2v) is 13.6. The van der Waals surface area contributed by atoms with Gasteiger partial charge >= 0.3 is 0 Å². The smallest absolute Gasteiger partial charge is 0.264 e. The van der Waals surface area contributed by atoms with E-state index in [1.165, 1.54) is 4.90 Å². The van der Waals surface area contributed by atoms with Gasteiger partial charge in [0.15, 0.2) is 0 Å². The van der Waals surface area contributed by atoms with Gasteiger partial charge < -0.3 is 10.2 Å². The fraction of sp³-hybridized carbons (Fsp3) is 0.412. The molecule has 0 aliphatic heterocycles. The molecule has 1 atom stereocenters. The molecule has 1 saturated carbocycles. The predicted octanol–water partition coefficient (Wildman–Crippen LogP) is 6.10. The van der Waals surface area contributed by atoms with Crippen LogP contribution in [-0.2, 0) is 26.2 Å².